The van der Waals surface area contributed by atoms with Crippen LogP contribution in [0.5, 0.6) is 0 Å². The topological polar surface area (TPSA) is 89.8 Å². The van der Waals surface area contributed by atoms with Gasteiger partial charge in [-0.05, 0) is 49.2 Å². The van der Waals surface area contributed by atoms with E-state index >= 15 is 0 Å². The lowest BCUT2D eigenvalue weighted by Crippen LogP contribution is -2.46. The number of hydrogen-bond donors (Lipinski definition) is 0. The monoisotopic (exact) mass is 406 g/mol. The summed E-state index contributed by atoms with van der Waals surface area (Å²) in [5.41, 5.74) is 1.35. The van der Waals surface area contributed by atoms with Crippen LogP contribution in [0.1, 0.15) is 48.7 Å². The lowest BCUT2D eigenvalue weighted by Gasteiger charge is -2.37. The Kier molecular flexibility index (Phi) is 6.15. The zero-order valence-corrected chi connectivity index (χ0v) is 18.8. The Balaban J connectivity index is 2.30. The Bertz CT molecular complexity index is 814. The van der Waals surface area contributed by atoms with Gasteiger partial charge in [0.2, 0.25) is 0 Å². The normalized spacial score (nSPS) is 17.9. The first-order valence-corrected chi connectivity index (χ1v) is 12.4. The molecule has 0 aliphatic carbocycles. The van der Waals surface area contributed by atoms with Gasteiger partial charge in [0.1, 0.15) is 5.56 Å². The van der Waals surface area contributed by atoms with Crippen LogP contribution in [0.4, 0.5) is 5.69 Å². The van der Waals surface area contributed by atoms with Crippen molar-refractivity contribution in [2.24, 2.45) is 0 Å². The summed E-state index contributed by atoms with van der Waals surface area (Å²) < 4.78 is 6.22. The van der Waals surface area contributed by atoms with E-state index in [0.29, 0.717) is 0 Å². The third kappa shape index (κ3) is 4.49. The summed E-state index contributed by atoms with van der Waals surface area (Å²) in [7, 11) is -2.04. The zero-order chi connectivity index (χ0) is 21.4. The van der Waals surface area contributed by atoms with E-state index in [1.165, 1.54) is 11.0 Å². The first-order chi connectivity index (χ1) is 12.7. The van der Waals surface area contributed by atoms with Crippen LogP contribution >= 0.6 is 0 Å². The Morgan fingerprint density at radius 2 is 1.86 bits per heavy atom. The summed E-state index contributed by atoms with van der Waals surface area (Å²) in [5.74, 6) is -0.534. The SMILES string of the molecule is Cc1cc(C(=O)N2CC(=O)C[C@H]2CO[Si](C)(C)C(C)(C)C)c([N+](=O)[O-])cc1C. The molecule has 0 N–H and O–H groups in total. The number of nitrogens with zero attached hydrogens (tertiary/aromatic N) is 2. The van der Waals surface area contributed by atoms with Gasteiger partial charge in [-0.2, -0.15) is 0 Å². The summed E-state index contributed by atoms with van der Waals surface area (Å²) in [6.45, 7) is 14.4. The number of benzene rings is 1. The molecule has 8 heteroatoms. The summed E-state index contributed by atoms with van der Waals surface area (Å²) in [4.78, 5) is 37.6. The largest absolute Gasteiger partial charge is 0.415 e. The summed E-state index contributed by atoms with van der Waals surface area (Å²) in [6.07, 6.45) is 0.221. The quantitative estimate of drug-likeness (QED) is 0.418. The number of nitro benzene ring substituents is 1. The molecule has 1 atom stereocenters. The van der Waals surface area contributed by atoms with E-state index in [9.17, 15) is 19.7 Å². The number of Topliss-reactive ketones (excluding diaryl/α,β-unsaturated/α-hetero) is 1. The molecular formula is C20H30N2O5Si. The van der Waals surface area contributed by atoms with Gasteiger partial charge in [-0.25, -0.2) is 0 Å². The minimum absolute atomic E-state index is 0.0112. The van der Waals surface area contributed by atoms with Gasteiger partial charge in [-0.1, -0.05) is 20.8 Å². The van der Waals surface area contributed by atoms with Crippen LogP contribution in [-0.4, -0.2) is 49.0 Å². The second-order valence-electron chi connectivity index (χ2n) is 9.11. The van der Waals surface area contributed by atoms with Crippen LogP contribution in [0.2, 0.25) is 18.1 Å². The maximum Gasteiger partial charge on any atom is 0.282 e. The molecule has 154 valence electrons. The lowest BCUT2D eigenvalue weighted by molar-refractivity contribution is -0.385. The molecule has 1 aliphatic rings. The van der Waals surface area contributed by atoms with Crippen LogP contribution in [0, 0.1) is 24.0 Å². The van der Waals surface area contributed by atoms with E-state index < -0.39 is 25.2 Å². The molecule has 0 aromatic heterocycles. The number of carbonyl (C=O) groups is 2. The fourth-order valence-electron chi connectivity index (χ4n) is 2.94. The van der Waals surface area contributed by atoms with E-state index in [4.69, 9.17) is 4.43 Å². The van der Waals surface area contributed by atoms with Gasteiger partial charge in [-0.3, -0.25) is 19.7 Å². The fourth-order valence-corrected chi connectivity index (χ4v) is 3.98. The number of nitro groups is 1. The van der Waals surface area contributed by atoms with E-state index in [-0.39, 0.29) is 41.6 Å². The predicted octanol–water partition coefficient (Wildman–Crippen LogP) is 4.02. The van der Waals surface area contributed by atoms with Crippen molar-refractivity contribution >= 4 is 25.7 Å². The molecule has 1 fully saturated rings. The van der Waals surface area contributed by atoms with Gasteiger partial charge in [0, 0.05) is 12.5 Å². The molecule has 2 rings (SSSR count). The Hall–Kier alpha value is -2.06. The van der Waals surface area contributed by atoms with Gasteiger partial charge in [0.15, 0.2) is 14.1 Å². The summed E-state index contributed by atoms with van der Waals surface area (Å²) in [6, 6.07) is 2.57. The molecule has 1 saturated heterocycles. The molecule has 1 aromatic carbocycles. The van der Waals surface area contributed by atoms with Gasteiger partial charge in [0.05, 0.1) is 24.1 Å². The predicted molar refractivity (Wildman–Crippen MR) is 110 cm³/mol. The first kappa shape index (κ1) is 22.2. The van der Waals surface area contributed by atoms with Gasteiger partial charge >= 0.3 is 0 Å². The average Bonchev–Trinajstić information content (AvgIpc) is 2.94. The minimum Gasteiger partial charge on any atom is -0.415 e. The first-order valence-electron chi connectivity index (χ1n) is 9.47. The maximum atomic E-state index is 13.1. The highest BCUT2D eigenvalue weighted by atomic mass is 28.4. The number of ketones is 1. The lowest BCUT2D eigenvalue weighted by atomic mass is 10.0. The summed E-state index contributed by atoms with van der Waals surface area (Å²) in [5, 5.41) is 11.5. The molecule has 0 radical (unpaired) electrons. The van der Waals surface area contributed by atoms with Gasteiger partial charge in [-0.15, -0.1) is 0 Å². The van der Waals surface area contributed by atoms with Crippen LogP contribution in [0.25, 0.3) is 0 Å². The van der Waals surface area contributed by atoms with Crippen molar-refractivity contribution in [3.63, 3.8) is 0 Å². The highest BCUT2D eigenvalue weighted by Gasteiger charge is 2.41. The standard InChI is InChI=1S/C20H30N2O5Si/c1-13-8-17(18(22(25)26)9-14(13)2)19(24)21-11-16(23)10-15(21)12-27-28(6,7)20(3,4)5/h8-9,15H,10-12H2,1-7H3/t15-/m0/s1. The third-order valence-electron chi connectivity index (χ3n) is 5.99. The fraction of sp³-hybridized carbons (Fsp3) is 0.600. The van der Waals surface area contributed by atoms with Crippen LogP contribution < -0.4 is 0 Å². The van der Waals surface area contributed by atoms with E-state index in [0.717, 1.165) is 11.1 Å². The molecule has 7 nitrogen and oxygen atoms in total. The van der Waals surface area contributed by atoms with Crippen molar-refractivity contribution < 1.29 is 18.9 Å². The van der Waals surface area contributed by atoms with Crippen molar-refractivity contribution in [2.45, 2.75) is 65.2 Å². The Labute approximate surface area is 167 Å². The zero-order valence-electron chi connectivity index (χ0n) is 17.8. The van der Waals surface area contributed by atoms with E-state index in [1.807, 2.05) is 6.92 Å². The second kappa shape index (κ2) is 7.75. The molecule has 1 amide bonds. The van der Waals surface area contributed by atoms with Crippen molar-refractivity contribution in [3.8, 4) is 0 Å². The molecule has 0 bridgehead atoms. The van der Waals surface area contributed by atoms with Crippen LogP contribution in [0.3, 0.4) is 0 Å². The molecule has 0 spiro atoms. The number of amides is 1. The van der Waals surface area contributed by atoms with Crippen LogP contribution in [0.15, 0.2) is 12.1 Å². The molecule has 1 aliphatic heterocycles. The Morgan fingerprint density at radius 1 is 1.29 bits per heavy atom. The number of aryl methyl sites for hydroxylation is 2. The van der Waals surface area contributed by atoms with Gasteiger partial charge in [0.25, 0.3) is 11.6 Å². The molecule has 28 heavy (non-hydrogen) atoms. The van der Waals surface area contributed by atoms with E-state index in [2.05, 4.69) is 33.9 Å². The molecule has 1 aromatic rings. The number of hydrogen-bond acceptors (Lipinski definition) is 5. The highest BCUT2D eigenvalue weighted by molar-refractivity contribution is 6.74. The smallest absolute Gasteiger partial charge is 0.282 e. The number of rotatable bonds is 5. The van der Waals surface area contributed by atoms with Crippen molar-refractivity contribution in [1.82, 2.24) is 4.90 Å². The summed E-state index contributed by atoms with van der Waals surface area (Å²) >= 11 is 0. The molecule has 0 unspecified atom stereocenters. The third-order valence-corrected chi connectivity index (χ3v) is 10.5. The maximum absolute atomic E-state index is 13.1. The highest BCUT2D eigenvalue weighted by Crippen LogP contribution is 2.37. The average molecular weight is 407 g/mol. The Morgan fingerprint density at radius 3 is 2.39 bits per heavy atom. The van der Waals surface area contributed by atoms with Crippen molar-refractivity contribution in [1.29, 1.82) is 0 Å². The minimum atomic E-state index is -2.04. The van der Waals surface area contributed by atoms with Crippen LogP contribution in [-0.2, 0) is 9.22 Å². The molecule has 0 saturated carbocycles. The van der Waals surface area contributed by atoms with Crippen molar-refractivity contribution in [3.05, 3.63) is 38.9 Å². The second-order valence-corrected chi connectivity index (χ2v) is 13.9. The van der Waals surface area contributed by atoms with Crippen molar-refractivity contribution in [2.75, 3.05) is 13.2 Å². The number of likely N-dealkylation sites (tertiary alicyclic amines) is 1. The molecule has 1 heterocycles. The molecular weight excluding hydrogens is 376 g/mol. The van der Waals surface area contributed by atoms with Gasteiger partial charge < -0.3 is 9.33 Å². The number of carbonyl (C=O) groups excluding carboxylic acids is 2. The van der Waals surface area contributed by atoms with E-state index in [1.54, 1.807) is 13.0 Å².